The summed E-state index contributed by atoms with van der Waals surface area (Å²) in [6, 6.07) is 0. The Bertz CT molecular complexity index is 116. The van der Waals surface area contributed by atoms with Crippen LogP contribution in [0.1, 0.15) is 0 Å². The van der Waals surface area contributed by atoms with E-state index in [0.717, 1.165) is 0 Å². The molecule has 11 heavy (non-hydrogen) atoms. The molecule has 0 radical (unpaired) electrons. The zero-order chi connectivity index (χ0) is 8.74. The van der Waals surface area contributed by atoms with Crippen LogP contribution in [-0.2, 0) is 13.6 Å². The van der Waals surface area contributed by atoms with Gasteiger partial charge in [0.1, 0.15) is 0 Å². The fraction of sp³-hybridized carbons (Fsp3) is 1.00. The van der Waals surface area contributed by atoms with Gasteiger partial charge in [0.15, 0.2) is 0 Å². The quantitative estimate of drug-likeness (QED) is 0.308. The van der Waals surface area contributed by atoms with Crippen molar-refractivity contribution in [3.05, 3.63) is 0 Å². The molecule has 0 saturated heterocycles. The second-order valence-corrected chi connectivity index (χ2v) is 7.87. The van der Waals surface area contributed by atoms with Gasteiger partial charge < -0.3 is 0 Å². The van der Waals surface area contributed by atoms with Crippen molar-refractivity contribution in [2.45, 2.75) is 0 Å². The van der Waals surface area contributed by atoms with E-state index in [4.69, 9.17) is 15.3 Å². The predicted octanol–water partition coefficient (Wildman–Crippen LogP) is -1.32. The number of aliphatic hydroxyl groups is 3. The Morgan fingerprint density at radius 1 is 1.18 bits per heavy atom. The molecular formula is C3H9O6PSe. The van der Waals surface area contributed by atoms with Gasteiger partial charge in [-0.2, -0.15) is 0 Å². The summed E-state index contributed by atoms with van der Waals surface area (Å²) in [6.07, 6.45) is -3.41. The van der Waals surface area contributed by atoms with Gasteiger partial charge in [0, 0.05) is 0 Å². The Morgan fingerprint density at radius 2 is 1.64 bits per heavy atom. The summed E-state index contributed by atoms with van der Waals surface area (Å²) in [7, 11) is 0. The zero-order valence-corrected chi connectivity index (χ0v) is 8.15. The van der Waals surface area contributed by atoms with Crippen LogP contribution >= 0.6 is 6.29 Å². The van der Waals surface area contributed by atoms with Crippen molar-refractivity contribution in [3.8, 4) is 0 Å². The van der Waals surface area contributed by atoms with Gasteiger partial charge in [0.25, 0.3) is 0 Å². The zero-order valence-electron chi connectivity index (χ0n) is 5.54. The Morgan fingerprint density at radius 3 is 1.91 bits per heavy atom. The summed E-state index contributed by atoms with van der Waals surface area (Å²) in [4.78, 5) is 0. The van der Waals surface area contributed by atoms with E-state index in [1.165, 1.54) is 0 Å². The van der Waals surface area contributed by atoms with E-state index in [1.807, 2.05) is 0 Å². The predicted molar refractivity (Wildman–Crippen MR) is 36.8 cm³/mol. The van der Waals surface area contributed by atoms with Gasteiger partial charge in [-0.15, -0.1) is 0 Å². The van der Waals surface area contributed by atoms with Crippen molar-refractivity contribution >= 4 is 20.8 Å². The van der Waals surface area contributed by atoms with E-state index in [0.29, 0.717) is 0 Å². The first-order valence-electron chi connectivity index (χ1n) is 2.55. The minimum absolute atomic E-state index is 0.329. The van der Waals surface area contributed by atoms with E-state index in [-0.39, 0.29) is 5.51 Å². The van der Waals surface area contributed by atoms with Crippen molar-refractivity contribution < 1.29 is 28.9 Å². The second kappa shape index (κ2) is 6.11. The topological polar surface area (TPSA) is 96.2 Å². The van der Waals surface area contributed by atoms with Crippen molar-refractivity contribution in [2.75, 3.05) is 19.1 Å². The van der Waals surface area contributed by atoms with Crippen molar-refractivity contribution in [1.82, 2.24) is 0 Å². The normalized spacial score (nSPS) is 11.9. The van der Waals surface area contributed by atoms with Gasteiger partial charge in [-0.1, -0.05) is 0 Å². The summed E-state index contributed by atoms with van der Waals surface area (Å²) in [6.45, 7) is -1.50. The molecule has 0 aromatic rings. The molecule has 3 N–H and O–H groups in total. The van der Waals surface area contributed by atoms with Crippen molar-refractivity contribution in [3.63, 3.8) is 0 Å². The summed E-state index contributed by atoms with van der Waals surface area (Å²) < 4.78 is 19.7. The minimum atomic E-state index is -3.41. The van der Waals surface area contributed by atoms with Crippen LogP contribution in [0, 0.1) is 0 Å². The van der Waals surface area contributed by atoms with Gasteiger partial charge in [0.2, 0.25) is 0 Å². The van der Waals surface area contributed by atoms with E-state index < -0.39 is 34.4 Å². The molecule has 0 aliphatic heterocycles. The molecule has 0 heterocycles. The van der Waals surface area contributed by atoms with E-state index in [2.05, 4.69) is 9.05 Å². The monoisotopic (exact) mass is 252 g/mol. The van der Waals surface area contributed by atoms with Gasteiger partial charge in [-0.05, 0) is 0 Å². The first kappa shape index (κ1) is 11.5. The molecule has 0 rings (SSSR count). The van der Waals surface area contributed by atoms with E-state index in [1.54, 1.807) is 0 Å². The Balaban J connectivity index is 3.91. The van der Waals surface area contributed by atoms with E-state index in [9.17, 15) is 4.57 Å². The van der Waals surface area contributed by atoms with Crippen molar-refractivity contribution in [1.29, 1.82) is 0 Å². The Kier molecular flexibility index (Phi) is 6.41. The van der Waals surface area contributed by atoms with Crippen LogP contribution in [-0.4, -0.2) is 48.9 Å². The summed E-state index contributed by atoms with van der Waals surface area (Å²) in [5, 5.41) is 24.8. The Labute approximate surface area is 69.4 Å². The summed E-state index contributed by atoms with van der Waals surface area (Å²) in [5.74, 6) is 0. The molecule has 0 atom stereocenters. The number of hydrogen-bond acceptors (Lipinski definition) is 6. The fourth-order valence-corrected chi connectivity index (χ4v) is 3.39. The average molecular weight is 251 g/mol. The van der Waals surface area contributed by atoms with Crippen LogP contribution in [0.2, 0.25) is 0 Å². The van der Waals surface area contributed by atoms with Gasteiger partial charge in [-0.25, -0.2) is 0 Å². The molecule has 0 bridgehead atoms. The molecule has 8 heteroatoms. The van der Waals surface area contributed by atoms with Gasteiger partial charge in [-0.3, -0.25) is 0 Å². The standard InChI is InChI=1S/C3H9O6PSe/c4-1-8-10(7,9-2-5)11-3-6/h4-6H,1-3H2. The van der Waals surface area contributed by atoms with Crippen LogP contribution in [0.5, 0.6) is 0 Å². The number of aliphatic hydroxyl groups excluding tert-OH is 3. The third-order valence-corrected chi connectivity index (χ3v) is 5.99. The third kappa shape index (κ3) is 4.90. The molecule has 0 aromatic heterocycles. The first-order valence-corrected chi connectivity index (χ1v) is 7.52. The molecule has 0 aromatic carbocycles. The molecule has 0 spiro atoms. The summed E-state index contributed by atoms with van der Waals surface area (Å²) in [5.41, 5.74) is -0.329. The van der Waals surface area contributed by atoms with Crippen LogP contribution < -0.4 is 0 Å². The molecule has 68 valence electrons. The fourth-order valence-electron chi connectivity index (χ4n) is 0.324. The average Bonchev–Trinajstić information content (AvgIpc) is 1.88. The molecule has 0 aliphatic rings. The molecule has 0 saturated carbocycles. The second-order valence-electron chi connectivity index (χ2n) is 1.22. The maximum absolute atomic E-state index is 11.1. The Hall–Kier alpha value is 0.549. The van der Waals surface area contributed by atoms with Crippen LogP contribution in [0.3, 0.4) is 0 Å². The van der Waals surface area contributed by atoms with Crippen LogP contribution in [0.15, 0.2) is 0 Å². The third-order valence-electron chi connectivity index (χ3n) is 0.648. The van der Waals surface area contributed by atoms with Gasteiger partial charge >= 0.3 is 68.8 Å². The molecule has 0 aliphatic carbocycles. The SMILES string of the molecule is O=P(OCO)(OCO)[Se]CO. The molecule has 6 nitrogen and oxygen atoms in total. The summed E-state index contributed by atoms with van der Waals surface area (Å²) >= 11 is -0.779. The molecule has 0 amide bonds. The molecule has 0 fully saturated rings. The van der Waals surface area contributed by atoms with Crippen LogP contribution in [0.25, 0.3) is 0 Å². The van der Waals surface area contributed by atoms with Gasteiger partial charge in [0.05, 0.1) is 0 Å². The molecule has 0 unspecified atom stereocenters. The van der Waals surface area contributed by atoms with Crippen LogP contribution in [0.4, 0.5) is 0 Å². The number of hydrogen-bond donors (Lipinski definition) is 3. The maximum atomic E-state index is 11.1. The first-order chi connectivity index (χ1) is 5.18. The van der Waals surface area contributed by atoms with E-state index >= 15 is 0 Å². The van der Waals surface area contributed by atoms with Crippen molar-refractivity contribution in [2.24, 2.45) is 0 Å². The number of rotatable bonds is 6. The molecular weight excluding hydrogens is 242 g/mol.